The summed E-state index contributed by atoms with van der Waals surface area (Å²) in [6.45, 7) is 5.27. The Labute approximate surface area is 110 Å². The maximum Gasteiger partial charge on any atom is 0.122 e. The molecule has 100 valence electrons. The lowest BCUT2D eigenvalue weighted by atomic mass is 9.89. The van der Waals surface area contributed by atoms with Crippen molar-refractivity contribution in [3.63, 3.8) is 0 Å². The van der Waals surface area contributed by atoms with Crippen molar-refractivity contribution < 1.29 is 4.74 Å². The summed E-state index contributed by atoms with van der Waals surface area (Å²) >= 11 is 0. The first-order chi connectivity index (χ1) is 8.72. The molecule has 0 fully saturated rings. The zero-order valence-corrected chi connectivity index (χ0v) is 11.4. The third-order valence-corrected chi connectivity index (χ3v) is 3.73. The van der Waals surface area contributed by atoms with E-state index in [1.54, 1.807) is 0 Å². The minimum atomic E-state index is 0.312. The Bertz CT molecular complexity index is 379. The molecule has 1 heterocycles. The maximum absolute atomic E-state index is 5.73. The van der Waals surface area contributed by atoms with Gasteiger partial charge in [-0.2, -0.15) is 0 Å². The van der Waals surface area contributed by atoms with Gasteiger partial charge in [0.25, 0.3) is 0 Å². The number of hydrazine groups is 1. The molecule has 0 aliphatic carbocycles. The van der Waals surface area contributed by atoms with Crippen molar-refractivity contribution >= 4 is 0 Å². The summed E-state index contributed by atoms with van der Waals surface area (Å²) in [5.41, 5.74) is 4.27. The number of benzene rings is 1. The van der Waals surface area contributed by atoms with Crippen molar-refractivity contribution in [3.05, 3.63) is 29.8 Å². The lowest BCUT2D eigenvalue weighted by Gasteiger charge is -2.22. The van der Waals surface area contributed by atoms with E-state index in [2.05, 4.69) is 31.4 Å². The lowest BCUT2D eigenvalue weighted by Crippen LogP contribution is -2.40. The van der Waals surface area contributed by atoms with E-state index in [0.29, 0.717) is 12.0 Å². The molecule has 3 heteroatoms. The largest absolute Gasteiger partial charge is 0.493 e. The van der Waals surface area contributed by atoms with Crippen LogP contribution in [-0.4, -0.2) is 12.6 Å². The van der Waals surface area contributed by atoms with Gasteiger partial charge in [0.15, 0.2) is 0 Å². The molecule has 1 aliphatic rings. The summed E-state index contributed by atoms with van der Waals surface area (Å²) < 4.78 is 5.73. The van der Waals surface area contributed by atoms with E-state index in [4.69, 9.17) is 10.6 Å². The van der Waals surface area contributed by atoms with Gasteiger partial charge in [-0.1, -0.05) is 44.9 Å². The van der Waals surface area contributed by atoms with Gasteiger partial charge in [-0.25, -0.2) is 0 Å². The Morgan fingerprint density at radius 1 is 1.33 bits per heavy atom. The second-order valence-corrected chi connectivity index (χ2v) is 5.55. The van der Waals surface area contributed by atoms with Gasteiger partial charge in [-0.15, -0.1) is 0 Å². The molecule has 0 saturated heterocycles. The van der Waals surface area contributed by atoms with E-state index in [0.717, 1.165) is 24.7 Å². The van der Waals surface area contributed by atoms with Crippen LogP contribution in [0.2, 0.25) is 0 Å². The third-order valence-electron chi connectivity index (χ3n) is 3.73. The summed E-state index contributed by atoms with van der Waals surface area (Å²) in [7, 11) is 0. The number of hydrogen-bond acceptors (Lipinski definition) is 3. The molecule has 0 spiro atoms. The second kappa shape index (κ2) is 6.21. The molecular weight excluding hydrogens is 224 g/mol. The molecule has 2 unspecified atom stereocenters. The standard InChI is InChI=1S/C15H24N2O/c1-11(2)6-5-8-14(17-16)13-10-18-15-9-4-3-7-12(13)15/h3-4,7,9,11,13-14,17H,5-6,8,10,16H2,1-2H3. The molecule has 0 saturated carbocycles. The lowest BCUT2D eigenvalue weighted by molar-refractivity contribution is 0.288. The van der Waals surface area contributed by atoms with Crippen LogP contribution in [0.1, 0.15) is 44.6 Å². The van der Waals surface area contributed by atoms with E-state index in [1.807, 2.05) is 12.1 Å². The molecule has 3 N–H and O–H groups in total. The predicted octanol–water partition coefficient (Wildman–Crippen LogP) is 2.82. The average Bonchev–Trinajstić information content (AvgIpc) is 2.78. The van der Waals surface area contributed by atoms with Crippen LogP contribution in [0.4, 0.5) is 0 Å². The van der Waals surface area contributed by atoms with Crippen molar-refractivity contribution in [2.45, 2.75) is 45.1 Å². The molecule has 1 aromatic rings. The van der Waals surface area contributed by atoms with Gasteiger partial charge in [-0.3, -0.25) is 11.3 Å². The van der Waals surface area contributed by atoms with Crippen LogP contribution < -0.4 is 16.0 Å². The van der Waals surface area contributed by atoms with Crippen molar-refractivity contribution in [3.8, 4) is 5.75 Å². The van der Waals surface area contributed by atoms with Gasteiger partial charge >= 0.3 is 0 Å². The third kappa shape index (κ3) is 3.03. The Kier molecular flexibility index (Phi) is 4.61. The summed E-state index contributed by atoms with van der Waals surface area (Å²) in [5, 5.41) is 0. The molecule has 18 heavy (non-hydrogen) atoms. The first-order valence-electron chi connectivity index (χ1n) is 6.90. The minimum Gasteiger partial charge on any atom is -0.493 e. The summed E-state index contributed by atoms with van der Waals surface area (Å²) in [4.78, 5) is 0. The first-order valence-corrected chi connectivity index (χ1v) is 6.90. The van der Waals surface area contributed by atoms with Crippen LogP contribution in [-0.2, 0) is 0 Å². The molecular formula is C15H24N2O. The van der Waals surface area contributed by atoms with Gasteiger partial charge in [0.1, 0.15) is 5.75 Å². The molecule has 0 aromatic heterocycles. The fraction of sp³-hybridized carbons (Fsp3) is 0.600. The van der Waals surface area contributed by atoms with Crippen molar-refractivity contribution in [1.82, 2.24) is 5.43 Å². The Morgan fingerprint density at radius 3 is 2.83 bits per heavy atom. The number of nitrogens with two attached hydrogens (primary N) is 1. The maximum atomic E-state index is 5.73. The zero-order valence-electron chi connectivity index (χ0n) is 11.4. The number of nitrogens with one attached hydrogen (secondary N) is 1. The van der Waals surface area contributed by atoms with Gasteiger partial charge in [0.05, 0.1) is 6.61 Å². The van der Waals surface area contributed by atoms with Gasteiger partial charge in [-0.05, 0) is 18.4 Å². The Hall–Kier alpha value is -1.06. The molecule has 3 nitrogen and oxygen atoms in total. The van der Waals surface area contributed by atoms with Crippen LogP contribution in [0, 0.1) is 5.92 Å². The number of ether oxygens (including phenoxy) is 1. The fourth-order valence-electron chi connectivity index (χ4n) is 2.67. The second-order valence-electron chi connectivity index (χ2n) is 5.55. The summed E-state index contributed by atoms with van der Waals surface area (Å²) in [5.74, 6) is 7.89. The number of rotatable bonds is 6. The summed E-state index contributed by atoms with van der Waals surface area (Å²) in [6.07, 6.45) is 3.58. The van der Waals surface area contributed by atoms with E-state index in [9.17, 15) is 0 Å². The number of para-hydroxylation sites is 1. The van der Waals surface area contributed by atoms with Gasteiger partial charge in [0, 0.05) is 17.5 Å². The Morgan fingerprint density at radius 2 is 2.11 bits per heavy atom. The highest BCUT2D eigenvalue weighted by atomic mass is 16.5. The highest BCUT2D eigenvalue weighted by molar-refractivity contribution is 5.40. The van der Waals surface area contributed by atoms with Crippen molar-refractivity contribution in [1.29, 1.82) is 0 Å². The molecule has 2 rings (SSSR count). The number of hydrogen-bond donors (Lipinski definition) is 2. The van der Waals surface area contributed by atoms with Crippen LogP contribution >= 0.6 is 0 Å². The highest BCUT2D eigenvalue weighted by Gasteiger charge is 2.30. The molecule has 2 atom stereocenters. The van der Waals surface area contributed by atoms with E-state index in [-0.39, 0.29) is 0 Å². The molecule has 0 bridgehead atoms. The van der Waals surface area contributed by atoms with Crippen molar-refractivity contribution in [2.24, 2.45) is 11.8 Å². The van der Waals surface area contributed by atoms with Crippen LogP contribution in [0.15, 0.2) is 24.3 Å². The monoisotopic (exact) mass is 248 g/mol. The molecule has 1 aromatic carbocycles. The average molecular weight is 248 g/mol. The zero-order chi connectivity index (χ0) is 13.0. The smallest absolute Gasteiger partial charge is 0.122 e. The topological polar surface area (TPSA) is 47.3 Å². The van der Waals surface area contributed by atoms with Gasteiger partial charge in [0.2, 0.25) is 0 Å². The molecule has 0 amide bonds. The quantitative estimate of drug-likeness (QED) is 0.601. The Balaban J connectivity index is 1.97. The van der Waals surface area contributed by atoms with E-state index < -0.39 is 0 Å². The number of fused-ring (bicyclic) bond motifs is 1. The van der Waals surface area contributed by atoms with Crippen molar-refractivity contribution in [2.75, 3.05) is 6.61 Å². The minimum absolute atomic E-state index is 0.312. The van der Waals surface area contributed by atoms with Crippen LogP contribution in [0.5, 0.6) is 5.75 Å². The SMILES string of the molecule is CC(C)CCCC(NN)C1COc2ccccc21. The highest BCUT2D eigenvalue weighted by Crippen LogP contribution is 2.36. The normalized spacial score (nSPS) is 19.7. The fourth-order valence-corrected chi connectivity index (χ4v) is 2.67. The van der Waals surface area contributed by atoms with Gasteiger partial charge < -0.3 is 4.74 Å². The first kappa shape index (κ1) is 13.4. The van der Waals surface area contributed by atoms with E-state index >= 15 is 0 Å². The van der Waals surface area contributed by atoms with E-state index in [1.165, 1.54) is 18.4 Å². The molecule has 1 aliphatic heterocycles. The van der Waals surface area contributed by atoms with Crippen LogP contribution in [0.25, 0.3) is 0 Å². The predicted molar refractivity (Wildman–Crippen MR) is 74.5 cm³/mol. The summed E-state index contributed by atoms with van der Waals surface area (Å²) in [6, 6.07) is 8.59. The van der Waals surface area contributed by atoms with Crippen LogP contribution in [0.3, 0.4) is 0 Å². The molecule has 0 radical (unpaired) electrons.